The number of hydrogen-bond acceptors (Lipinski definition) is 4. The molecule has 26 heavy (non-hydrogen) atoms. The highest BCUT2D eigenvalue weighted by Crippen LogP contribution is 2.38. The van der Waals surface area contributed by atoms with Crippen LogP contribution in [0.2, 0.25) is 0 Å². The summed E-state index contributed by atoms with van der Waals surface area (Å²) in [5.41, 5.74) is -1.19. The molecule has 1 fully saturated rings. The molecule has 0 heterocycles. The van der Waals surface area contributed by atoms with Crippen LogP contribution in [0.15, 0.2) is 0 Å². The maximum Gasteiger partial charge on any atom is 0.425 e. The number of carbonyl (C=O) groups excluding carboxylic acids is 2. The number of alkyl halides is 3. The normalized spacial score (nSPS) is 18.9. The summed E-state index contributed by atoms with van der Waals surface area (Å²) in [6, 6.07) is 0. The molecular weight excluding hydrogens is 349 g/mol. The molecule has 7 heteroatoms. The van der Waals surface area contributed by atoms with Crippen LogP contribution in [-0.4, -0.2) is 29.8 Å². The largest absolute Gasteiger partial charge is 0.459 e. The van der Waals surface area contributed by atoms with Crippen molar-refractivity contribution in [3.8, 4) is 0 Å². The van der Waals surface area contributed by atoms with Crippen molar-refractivity contribution in [2.75, 3.05) is 0 Å². The Morgan fingerprint density at radius 3 is 2.19 bits per heavy atom. The SMILES string of the molecule is CCC(C)(C)C(=O)OC1(CCCC(=O)OC(C)C(F)(F)F)CCCCC1. The van der Waals surface area contributed by atoms with Crippen molar-refractivity contribution in [1.82, 2.24) is 0 Å². The third-order valence-electron chi connectivity index (χ3n) is 5.29. The van der Waals surface area contributed by atoms with E-state index in [1.807, 2.05) is 20.8 Å². The van der Waals surface area contributed by atoms with Crippen molar-refractivity contribution >= 4 is 11.9 Å². The van der Waals surface area contributed by atoms with Crippen molar-refractivity contribution in [2.24, 2.45) is 5.41 Å². The van der Waals surface area contributed by atoms with Crippen molar-refractivity contribution in [2.45, 2.75) is 103 Å². The van der Waals surface area contributed by atoms with E-state index in [-0.39, 0.29) is 12.4 Å². The van der Waals surface area contributed by atoms with Gasteiger partial charge in [-0.05, 0) is 65.7 Å². The van der Waals surface area contributed by atoms with Crippen LogP contribution in [0.4, 0.5) is 13.2 Å². The summed E-state index contributed by atoms with van der Waals surface area (Å²) in [7, 11) is 0. The van der Waals surface area contributed by atoms with Crippen LogP contribution in [0, 0.1) is 5.41 Å². The Bertz CT molecular complexity index is 480. The summed E-state index contributed by atoms with van der Waals surface area (Å²) < 4.78 is 47.6. The van der Waals surface area contributed by atoms with E-state index in [1.165, 1.54) is 0 Å². The average Bonchev–Trinajstić information content (AvgIpc) is 2.54. The van der Waals surface area contributed by atoms with Crippen LogP contribution in [0.3, 0.4) is 0 Å². The van der Waals surface area contributed by atoms with E-state index in [2.05, 4.69) is 4.74 Å². The van der Waals surface area contributed by atoms with Crippen LogP contribution in [0.1, 0.15) is 85.5 Å². The van der Waals surface area contributed by atoms with Gasteiger partial charge in [-0.2, -0.15) is 13.2 Å². The maximum atomic E-state index is 12.5. The summed E-state index contributed by atoms with van der Waals surface area (Å²) in [6.07, 6.45) is -0.910. The summed E-state index contributed by atoms with van der Waals surface area (Å²) in [5.74, 6) is -1.13. The molecule has 0 bridgehead atoms. The highest BCUT2D eigenvalue weighted by Gasteiger charge is 2.41. The molecule has 0 radical (unpaired) electrons. The first-order chi connectivity index (χ1) is 11.9. The average molecular weight is 380 g/mol. The van der Waals surface area contributed by atoms with E-state index in [1.54, 1.807) is 0 Å². The summed E-state index contributed by atoms with van der Waals surface area (Å²) in [5, 5.41) is 0. The Labute approximate surface area is 153 Å². The number of hydrogen-bond donors (Lipinski definition) is 0. The summed E-state index contributed by atoms with van der Waals surface area (Å²) in [4.78, 5) is 24.1. The van der Waals surface area contributed by atoms with Crippen molar-refractivity contribution < 1.29 is 32.2 Å². The number of halogens is 3. The van der Waals surface area contributed by atoms with Crippen LogP contribution in [-0.2, 0) is 19.1 Å². The molecule has 0 N–H and O–H groups in total. The molecule has 152 valence electrons. The zero-order valence-electron chi connectivity index (χ0n) is 16.2. The number of ether oxygens (including phenoxy) is 2. The first kappa shape index (κ1) is 22.8. The third kappa shape index (κ3) is 6.80. The van der Waals surface area contributed by atoms with Gasteiger partial charge >= 0.3 is 18.1 Å². The lowest BCUT2D eigenvalue weighted by Gasteiger charge is -2.39. The molecule has 0 spiro atoms. The Balaban J connectivity index is 2.60. The molecule has 4 nitrogen and oxygen atoms in total. The lowest BCUT2D eigenvalue weighted by molar-refractivity contribution is -0.216. The molecule has 1 aliphatic carbocycles. The van der Waals surface area contributed by atoms with Gasteiger partial charge in [0, 0.05) is 6.42 Å². The molecule has 0 aromatic carbocycles. The van der Waals surface area contributed by atoms with Gasteiger partial charge in [0.05, 0.1) is 5.41 Å². The van der Waals surface area contributed by atoms with E-state index in [0.717, 1.165) is 39.0 Å². The highest BCUT2D eigenvalue weighted by molar-refractivity contribution is 5.76. The molecule has 1 rings (SSSR count). The smallest absolute Gasteiger partial charge is 0.425 e. The van der Waals surface area contributed by atoms with Crippen molar-refractivity contribution in [3.05, 3.63) is 0 Å². The highest BCUT2D eigenvalue weighted by atomic mass is 19.4. The minimum absolute atomic E-state index is 0.114. The van der Waals surface area contributed by atoms with E-state index >= 15 is 0 Å². The minimum Gasteiger partial charge on any atom is -0.459 e. The molecule has 1 unspecified atom stereocenters. The molecule has 0 amide bonds. The fourth-order valence-corrected chi connectivity index (χ4v) is 2.96. The van der Waals surface area contributed by atoms with Crippen LogP contribution in [0.25, 0.3) is 0 Å². The molecule has 1 saturated carbocycles. The van der Waals surface area contributed by atoms with E-state index < -0.39 is 29.3 Å². The molecule has 0 aliphatic heterocycles. The first-order valence-electron chi connectivity index (χ1n) is 9.41. The predicted molar refractivity (Wildman–Crippen MR) is 91.4 cm³/mol. The van der Waals surface area contributed by atoms with Crippen LogP contribution < -0.4 is 0 Å². The Kier molecular flexibility index (Phi) is 7.96. The molecule has 1 atom stereocenters. The Hall–Kier alpha value is -1.27. The van der Waals surface area contributed by atoms with Gasteiger partial charge in [-0.15, -0.1) is 0 Å². The topological polar surface area (TPSA) is 52.6 Å². The van der Waals surface area contributed by atoms with Crippen molar-refractivity contribution in [1.29, 1.82) is 0 Å². The first-order valence-corrected chi connectivity index (χ1v) is 9.41. The zero-order valence-corrected chi connectivity index (χ0v) is 16.2. The summed E-state index contributed by atoms with van der Waals surface area (Å²) >= 11 is 0. The van der Waals surface area contributed by atoms with E-state index in [0.29, 0.717) is 19.3 Å². The molecule has 1 aliphatic rings. The third-order valence-corrected chi connectivity index (χ3v) is 5.29. The molecule has 0 aromatic heterocycles. The number of rotatable bonds is 8. The molecule has 0 aromatic rings. The van der Waals surface area contributed by atoms with Crippen molar-refractivity contribution in [3.63, 3.8) is 0 Å². The van der Waals surface area contributed by atoms with E-state index in [4.69, 9.17) is 4.74 Å². The Morgan fingerprint density at radius 2 is 1.69 bits per heavy atom. The minimum atomic E-state index is -4.55. The maximum absolute atomic E-state index is 12.5. The second-order valence-electron chi connectivity index (χ2n) is 7.90. The molecule has 0 saturated heterocycles. The summed E-state index contributed by atoms with van der Waals surface area (Å²) in [6.45, 7) is 6.41. The van der Waals surface area contributed by atoms with Gasteiger partial charge in [-0.1, -0.05) is 13.3 Å². The zero-order chi connectivity index (χ0) is 20.0. The van der Waals surface area contributed by atoms with Gasteiger partial charge < -0.3 is 9.47 Å². The van der Waals surface area contributed by atoms with Crippen LogP contribution >= 0.6 is 0 Å². The van der Waals surface area contributed by atoms with Crippen LogP contribution in [0.5, 0.6) is 0 Å². The monoisotopic (exact) mass is 380 g/mol. The number of esters is 2. The quantitative estimate of drug-likeness (QED) is 0.534. The van der Waals surface area contributed by atoms with Gasteiger partial charge in [0.15, 0.2) is 6.10 Å². The van der Waals surface area contributed by atoms with Gasteiger partial charge in [0.2, 0.25) is 0 Å². The Morgan fingerprint density at radius 1 is 1.12 bits per heavy atom. The van der Waals surface area contributed by atoms with Gasteiger partial charge in [-0.3, -0.25) is 9.59 Å². The molecular formula is C19H31F3O4. The lowest BCUT2D eigenvalue weighted by Crippen LogP contribution is -2.41. The fourth-order valence-electron chi connectivity index (χ4n) is 2.96. The standard InChI is InChI=1S/C19H31F3O4/c1-5-17(3,4)16(24)26-18(11-7-6-8-12-18)13-9-10-15(23)25-14(2)19(20,21)22/h14H,5-13H2,1-4H3. The lowest BCUT2D eigenvalue weighted by atomic mass is 9.80. The fraction of sp³-hybridized carbons (Fsp3) is 0.895. The predicted octanol–water partition coefficient (Wildman–Crippen LogP) is 5.33. The van der Waals surface area contributed by atoms with Gasteiger partial charge in [-0.25, -0.2) is 0 Å². The second kappa shape index (κ2) is 9.09. The van der Waals surface area contributed by atoms with Gasteiger partial charge in [0.1, 0.15) is 5.60 Å². The second-order valence-corrected chi connectivity index (χ2v) is 7.90. The number of carbonyl (C=O) groups is 2. The van der Waals surface area contributed by atoms with E-state index in [9.17, 15) is 22.8 Å². The van der Waals surface area contributed by atoms with Gasteiger partial charge in [0.25, 0.3) is 0 Å².